The van der Waals surface area contributed by atoms with E-state index in [4.69, 9.17) is 5.11 Å². The van der Waals surface area contributed by atoms with Crippen molar-refractivity contribution in [2.24, 2.45) is 5.41 Å². The Morgan fingerprint density at radius 2 is 2.15 bits per heavy atom. The second kappa shape index (κ2) is 4.50. The van der Waals surface area contributed by atoms with Gasteiger partial charge in [-0.1, -0.05) is 5.16 Å². The maximum absolute atomic E-state index is 13.0. The number of carboxylic acids is 1. The zero-order valence-corrected chi connectivity index (χ0v) is 10.4. The molecule has 20 heavy (non-hydrogen) atoms. The monoisotopic (exact) mass is 292 g/mol. The van der Waals surface area contributed by atoms with Gasteiger partial charge >= 0.3 is 12.1 Å². The first kappa shape index (κ1) is 14.4. The fraction of sp³-hybridized carbons (Fsp3) is 0.545. The summed E-state index contributed by atoms with van der Waals surface area (Å²) in [6.07, 6.45) is -4.48. The highest BCUT2D eigenvalue weighted by Gasteiger charge is 2.64. The Kier molecular flexibility index (Phi) is 3.23. The molecule has 1 aromatic rings. The predicted octanol–water partition coefficient (Wildman–Crippen LogP) is 1.46. The number of likely N-dealkylation sites (tertiary alicyclic amines) is 1. The lowest BCUT2D eigenvalue weighted by molar-refractivity contribution is -0.227. The van der Waals surface area contributed by atoms with Crippen LogP contribution in [0.15, 0.2) is 10.7 Å². The maximum Gasteiger partial charge on any atom is 0.406 e. The van der Waals surface area contributed by atoms with E-state index in [1.807, 2.05) is 0 Å². The Labute approximate surface area is 111 Å². The number of halogens is 3. The molecule has 0 aromatic carbocycles. The minimum absolute atomic E-state index is 0.0355. The van der Waals surface area contributed by atoms with Gasteiger partial charge in [-0.25, -0.2) is 0 Å². The molecule has 2 rings (SSSR count). The van der Waals surface area contributed by atoms with Crippen LogP contribution in [0.2, 0.25) is 0 Å². The molecule has 9 heteroatoms. The number of hydrogen-bond donors (Lipinski definition) is 1. The summed E-state index contributed by atoms with van der Waals surface area (Å²) < 4.78 is 43.6. The van der Waals surface area contributed by atoms with Crippen molar-refractivity contribution in [3.63, 3.8) is 0 Å². The van der Waals surface area contributed by atoms with Crippen LogP contribution in [0.3, 0.4) is 0 Å². The predicted molar refractivity (Wildman–Crippen MR) is 57.9 cm³/mol. The second-order valence-electron chi connectivity index (χ2n) is 4.66. The fourth-order valence-corrected chi connectivity index (χ4v) is 2.18. The Hall–Kier alpha value is -2.06. The topological polar surface area (TPSA) is 83.6 Å². The number of rotatable bonds is 2. The van der Waals surface area contributed by atoms with E-state index < -0.39 is 36.4 Å². The number of carbonyl (C=O) groups excluding carboxylic acids is 1. The number of aromatic nitrogens is 1. The van der Waals surface area contributed by atoms with Gasteiger partial charge in [0, 0.05) is 13.1 Å². The van der Waals surface area contributed by atoms with Crippen LogP contribution >= 0.6 is 0 Å². The van der Waals surface area contributed by atoms with Gasteiger partial charge < -0.3 is 14.5 Å². The van der Waals surface area contributed by atoms with E-state index in [-0.39, 0.29) is 17.9 Å². The molecule has 2 heterocycles. The standard InChI is InChI=1S/C11H11F3N2O4/c1-6-7(4-15-20-6)8(17)16-3-2-10(5-16,9(18)19)11(12,13)14/h4H,2-3,5H2,1H3,(H,18,19). The number of aliphatic carboxylic acids is 1. The molecule has 0 bridgehead atoms. The van der Waals surface area contributed by atoms with Crippen LogP contribution in [-0.2, 0) is 4.79 Å². The van der Waals surface area contributed by atoms with Gasteiger partial charge in [0.2, 0.25) is 0 Å². The molecule has 0 radical (unpaired) electrons. The van der Waals surface area contributed by atoms with Crippen LogP contribution in [-0.4, -0.2) is 46.3 Å². The summed E-state index contributed by atoms with van der Waals surface area (Å²) in [6.45, 7) is 0.259. The molecule has 1 aromatic heterocycles. The number of nitrogens with zero attached hydrogens (tertiary/aromatic N) is 2. The fourth-order valence-electron chi connectivity index (χ4n) is 2.18. The summed E-state index contributed by atoms with van der Waals surface area (Å²) in [7, 11) is 0. The van der Waals surface area contributed by atoms with Crippen molar-refractivity contribution in [3.8, 4) is 0 Å². The third kappa shape index (κ3) is 2.02. The summed E-state index contributed by atoms with van der Waals surface area (Å²) in [6, 6.07) is 0. The summed E-state index contributed by atoms with van der Waals surface area (Å²) in [5.74, 6) is -2.51. The van der Waals surface area contributed by atoms with E-state index in [0.29, 0.717) is 0 Å². The van der Waals surface area contributed by atoms with Gasteiger partial charge in [-0.2, -0.15) is 13.2 Å². The summed E-state index contributed by atoms with van der Waals surface area (Å²) in [5.41, 5.74) is -2.87. The number of carbonyl (C=O) groups is 2. The molecule has 1 N–H and O–H groups in total. The Balaban J connectivity index is 2.26. The van der Waals surface area contributed by atoms with Crippen molar-refractivity contribution in [1.29, 1.82) is 0 Å². The molecule has 0 spiro atoms. The molecular formula is C11H11F3N2O4. The van der Waals surface area contributed by atoms with Crippen molar-refractivity contribution in [3.05, 3.63) is 17.5 Å². The molecule has 110 valence electrons. The quantitative estimate of drug-likeness (QED) is 0.892. The highest BCUT2D eigenvalue weighted by atomic mass is 19.4. The summed E-state index contributed by atoms with van der Waals surface area (Å²) >= 11 is 0. The molecule has 1 aliphatic rings. The molecule has 1 fully saturated rings. The van der Waals surface area contributed by atoms with Crippen molar-refractivity contribution in [2.75, 3.05) is 13.1 Å². The van der Waals surface area contributed by atoms with Gasteiger partial charge in [0.05, 0.1) is 6.20 Å². The van der Waals surface area contributed by atoms with E-state index in [9.17, 15) is 22.8 Å². The Morgan fingerprint density at radius 3 is 2.55 bits per heavy atom. The number of carboxylic acid groups (broad SMARTS) is 1. The van der Waals surface area contributed by atoms with Gasteiger partial charge in [0.1, 0.15) is 11.3 Å². The van der Waals surface area contributed by atoms with Crippen LogP contribution in [0, 0.1) is 12.3 Å². The van der Waals surface area contributed by atoms with E-state index in [2.05, 4.69) is 9.68 Å². The summed E-state index contributed by atoms with van der Waals surface area (Å²) in [5, 5.41) is 12.3. The van der Waals surface area contributed by atoms with Crippen molar-refractivity contribution in [1.82, 2.24) is 10.1 Å². The number of hydrogen-bond acceptors (Lipinski definition) is 4. The van der Waals surface area contributed by atoms with Gasteiger partial charge in [-0.3, -0.25) is 9.59 Å². The molecule has 1 amide bonds. The van der Waals surface area contributed by atoms with Crippen LogP contribution in [0.25, 0.3) is 0 Å². The maximum atomic E-state index is 13.0. The van der Waals surface area contributed by atoms with E-state index >= 15 is 0 Å². The van der Waals surface area contributed by atoms with Crippen molar-refractivity contribution >= 4 is 11.9 Å². The third-order valence-corrected chi connectivity index (χ3v) is 3.49. The number of amides is 1. The lowest BCUT2D eigenvalue weighted by atomic mass is 9.86. The molecule has 1 saturated heterocycles. The lowest BCUT2D eigenvalue weighted by Gasteiger charge is -2.27. The van der Waals surface area contributed by atoms with Crippen molar-refractivity contribution in [2.45, 2.75) is 19.5 Å². The van der Waals surface area contributed by atoms with Gasteiger partial charge in [-0.05, 0) is 13.3 Å². The van der Waals surface area contributed by atoms with E-state index in [0.717, 1.165) is 11.1 Å². The Bertz CT molecular complexity index is 554. The molecule has 6 nitrogen and oxygen atoms in total. The minimum Gasteiger partial charge on any atom is -0.481 e. The third-order valence-electron chi connectivity index (χ3n) is 3.49. The summed E-state index contributed by atoms with van der Waals surface area (Å²) in [4.78, 5) is 23.9. The minimum atomic E-state index is -4.92. The molecular weight excluding hydrogens is 281 g/mol. The second-order valence-corrected chi connectivity index (χ2v) is 4.66. The average molecular weight is 292 g/mol. The lowest BCUT2D eigenvalue weighted by Crippen LogP contribution is -2.47. The molecule has 1 unspecified atom stereocenters. The smallest absolute Gasteiger partial charge is 0.406 e. The highest BCUT2D eigenvalue weighted by Crippen LogP contribution is 2.46. The normalized spacial score (nSPS) is 23.1. The van der Waals surface area contributed by atoms with Crippen LogP contribution < -0.4 is 0 Å². The first-order valence-corrected chi connectivity index (χ1v) is 5.70. The number of alkyl halides is 3. The zero-order chi connectivity index (χ0) is 15.1. The van der Waals surface area contributed by atoms with Crippen LogP contribution in [0.4, 0.5) is 13.2 Å². The van der Waals surface area contributed by atoms with Gasteiger partial charge in [0.15, 0.2) is 5.41 Å². The zero-order valence-electron chi connectivity index (χ0n) is 10.4. The van der Waals surface area contributed by atoms with Crippen molar-refractivity contribution < 1.29 is 32.4 Å². The van der Waals surface area contributed by atoms with E-state index in [1.165, 1.54) is 6.92 Å². The molecule has 0 aliphatic carbocycles. The average Bonchev–Trinajstić information content (AvgIpc) is 2.93. The first-order valence-electron chi connectivity index (χ1n) is 5.70. The molecule has 1 atom stereocenters. The largest absolute Gasteiger partial charge is 0.481 e. The number of aryl methyl sites for hydroxylation is 1. The van der Waals surface area contributed by atoms with Crippen LogP contribution in [0.5, 0.6) is 0 Å². The van der Waals surface area contributed by atoms with E-state index in [1.54, 1.807) is 0 Å². The van der Waals surface area contributed by atoms with Gasteiger partial charge in [0.25, 0.3) is 5.91 Å². The molecule has 1 aliphatic heterocycles. The SMILES string of the molecule is Cc1oncc1C(=O)N1CCC(C(=O)O)(C(F)(F)F)C1. The highest BCUT2D eigenvalue weighted by molar-refractivity contribution is 5.95. The van der Waals surface area contributed by atoms with Crippen LogP contribution in [0.1, 0.15) is 22.5 Å². The van der Waals surface area contributed by atoms with Gasteiger partial charge in [-0.15, -0.1) is 0 Å². The Morgan fingerprint density at radius 1 is 1.50 bits per heavy atom. The first-order chi connectivity index (χ1) is 9.19. The molecule has 0 saturated carbocycles.